The van der Waals surface area contributed by atoms with Crippen LogP contribution in [-0.2, 0) is 6.54 Å². The fourth-order valence-corrected chi connectivity index (χ4v) is 3.91. The number of likely N-dealkylation sites (tertiary alicyclic amines) is 1. The largest absolute Gasteiger partial charge is 0.497 e. The van der Waals surface area contributed by atoms with Crippen LogP contribution in [-0.4, -0.2) is 35.6 Å². The number of hydrogen-bond donors (Lipinski definition) is 0. The van der Waals surface area contributed by atoms with E-state index in [9.17, 15) is 4.79 Å². The molecule has 4 nitrogen and oxygen atoms in total. The van der Waals surface area contributed by atoms with E-state index in [2.05, 4.69) is 41.8 Å². The van der Waals surface area contributed by atoms with Gasteiger partial charge in [0, 0.05) is 36.2 Å². The van der Waals surface area contributed by atoms with Crippen LogP contribution in [0.5, 0.6) is 5.75 Å². The van der Waals surface area contributed by atoms with Gasteiger partial charge in [-0.05, 0) is 43.5 Å². The van der Waals surface area contributed by atoms with Crippen LogP contribution in [0.1, 0.15) is 34.5 Å². The minimum Gasteiger partial charge on any atom is -0.497 e. The first-order valence-corrected chi connectivity index (χ1v) is 9.19. The summed E-state index contributed by atoms with van der Waals surface area (Å²) in [6.45, 7) is 4.52. The summed E-state index contributed by atoms with van der Waals surface area (Å²) >= 11 is 0. The van der Waals surface area contributed by atoms with Gasteiger partial charge in [0.15, 0.2) is 0 Å². The number of benzene rings is 2. The lowest BCUT2D eigenvalue weighted by Gasteiger charge is -2.16. The van der Waals surface area contributed by atoms with Gasteiger partial charge in [-0.2, -0.15) is 0 Å². The van der Waals surface area contributed by atoms with Crippen molar-refractivity contribution in [3.63, 3.8) is 0 Å². The number of aromatic nitrogens is 1. The standard InChI is InChI=1S/C22H24N2O2/c1-16-21(22(25)23-12-6-7-13-23)19-14-18(26-2)10-11-20(19)24(16)15-17-8-4-3-5-9-17/h3-5,8-11,14H,6-7,12-13,15H2,1-2H3. The maximum Gasteiger partial charge on any atom is 0.256 e. The van der Waals surface area contributed by atoms with Gasteiger partial charge in [0.1, 0.15) is 5.75 Å². The van der Waals surface area contributed by atoms with Crippen molar-refractivity contribution in [3.8, 4) is 5.75 Å². The quantitative estimate of drug-likeness (QED) is 0.707. The van der Waals surface area contributed by atoms with E-state index in [0.717, 1.165) is 60.4 Å². The second-order valence-electron chi connectivity index (χ2n) is 6.91. The van der Waals surface area contributed by atoms with E-state index in [1.165, 1.54) is 5.56 Å². The first-order valence-electron chi connectivity index (χ1n) is 9.19. The lowest BCUT2D eigenvalue weighted by molar-refractivity contribution is 0.0794. The Kier molecular flexibility index (Phi) is 4.41. The third-order valence-corrected chi connectivity index (χ3v) is 5.32. The van der Waals surface area contributed by atoms with E-state index in [1.54, 1.807) is 7.11 Å². The zero-order chi connectivity index (χ0) is 18.1. The number of ether oxygens (including phenoxy) is 1. The monoisotopic (exact) mass is 348 g/mol. The number of amides is 1. The van der Waals surface area contributed by atoms with Crippen molar-refractivity contribution in [1.29, 1.82) is 0 Å². The topological polar surface area (TPSA) is 34.5 Å². The number of carbonyl (C=O) groups excluding carboxylic acids is 1. The molecule has 1 amide bonds. The van der Waals surface area contributed by atoms with E-state index < -0.39 is 0 Å². The highest BCUT2D eigenvalue weighted by molar-refractivity contribution is 6.08. The van der Waals surface area contributed by atoms with E-state index in [0.29, 0.717) is 0 Å². The molecule has 4 rings (SSSR count). The first kappa shape index (κ1) is 16.7. The second-order valence-corrected chi connectivity index (χ2v) is 6.91. The third kappa shape index (κ3) is 2.85. The molecule has 0 bridgehead atoms. The predicted molar refractivity (Wildman–Crippen MR) is 104 cm³/mol. The Hall–Kier alpha value is -2.75. The molecule has 3 aromatic rings. The maximum atomic E-state index is 13.2. The number of nitrogens with zero attached hydrogens (tertiary/aromatic N) is 2. The Morgan fingerprint density at radius 2 is 1.81 bits per heavy atom. The van der Waals surface area contributed by atoms with Gasteiger partial charge in [-0.15, -0.1) is 0 Å². The number of carbonyl (C=O) groups is 1. The van der Waals surface area contributed by atoms with Crippen LogP contribution in [0.2, 0.25) is 0 Å². The van der Waals surface area contributed by atoms with Crippen molar-refractivity contribution < 1.29 is 9.53 Å². The van der Waals surface area contributed by atoms with Crippen LogP contribution < -0.4 is 4.74 Å². The molecule has 1 saturated heterocycles. The molecule has 1 aromatic heterocycles. The van der Waals surface area contributed by atoms with Gasteiger partial charge in [0.2, 0.25) is 0 Å². The molecule has 2 aromatic carbocycles. The van der Waals surface area contributed by atoms with Gasteiger partial charge in [-0.25, -0.2) is 0 Å². The molecule has 0 N–H and O–H groups in total. The molecule has 1 aliphatic rings. The highest BCUT2D eigenvalue weighted by atomic mass is 16.5. The van der Waals surface area contributed by atoms with Gasteiger partial charge in [0.05, 0.1) is 12.7 Å². The molecular formula is C22H24N2O2. The normalized spacial score (nSPS) is 14.2. The Morgan fingerprint density at radius 1 is 1.08 bits per heavy atom. The van der Waals surface area contributed by atoms with Crippen molar-refractivity contribution in [2.45, 2.75) is 26.3 Å². The van der Waals surface area contributed by atoms with Gasteiger partial charge < -0.3 is 14.2 Å². The lowest BCUT2D eigenvalue weighted by atomic mass is 10.1. The van der Waals surface area contributed by atoms with Crippen molar-refractivity contribution >= 4 is 16.8 Å². The van der Waals surface area contributed by atoms with Crippen molar-refractivity contribution in [2.24, 2.45) is 0 Å². The number of hydrogen-bond acceptors (Lipinski definition) is 2. The summed E-state index contributed by atoms with van der Waals surface area (Å²) in [6, 6.07) is 16.4. The van der Waals surface area contributed by atoms with Crippen LogP contribution >= 0.6 is 0 Å². The molecule has 0 aliphatic carbocycles. The summed E-state index contributed by atoms with van der Waals surface area (Å²) in [5, 5.41) is 0.981. The predicted octanol–water partition coefficient (Wildman–Crippen LogP) is 4.24. The molecule has 4 heteroatoms. The highest BCUT2D eigenvalue weighted by Crippen LogP contribution is 2.31. The first-order chi connectivity index (χ1) is 12.7. The maximum absolute atomic E-state index is 13.2. The van der Waals surface area contributed by atoms with Gasteiger partial charge in [0.25, 0.3) is 5.91 Å². The fourth-order valence-electron chi connectivity index (χ4n) is 3.91. The summed E-state index contributed by atoms with van der Waals surface area (Å²) < 4.78 is 7.66. The molecule has 2 heterocycles. The summed E-state index contributed by atoms with van der Waals surface area (Å²) in [6.07, 6.45) is 2.19. The van der Waals surface area contributed by atoms with Crippen LogP contribution in [0, 0.1) is 6.92 Å². The molecule has 0 atom stereocenters. The van der Waals surface area contributed by atoms with Gasteiger partial charge in [-0.3, -0.25) is 4.79 Å². The van der Waals surface area contributed by atoms with Crippen molar-refractivity contribution in [3.05, 3.63) is 65.4 Å². The zero-order valence-electron chi connectivity index (χ0n) is 15.4. The average molecular weight is 348 g/mol. The fraction of sp³-hybridized carbons (Fsp3) is 0.318. The van der Waals surface area contributed by atoms with Crippen LogP contribution in [0.4, 0.5) is 0 Å². The smallest absolute Gasteiger partial charge is 0.256 e. The Labute approximate surface area is 154 Å². The van der Waals surface area contributed by atoms with Crippen LogP contribution in [0.3, 0.4) is 0 Å². The molecule has 26 heavy (non-hydrogen) atoms. The van der Waals surface area contributed by atoms with Gasteiger partial charge in [-0.1, -0.05) is 30.3 Å². The molecule has 134 valence electrons. The lowest BCUT2D eigenvalue weighted by Crippen LogP contribution is -2.28. The molecule has 1 fully saturated rings. The second kappa shape index (κ2) is 6.87. The van der Waals surface area contributed by atoms with E-state index >= 15 is 0 Å². The SMILES string of the molecule is COc1ccc2c(c1)c(C(=O)N1CCCC1)c(C)n2Cc1ccccc1. The van der Waals surface area contributed by atoms with E-state index in [-0.39, 0.29) is 5.91 Å². The van der Waals surface area contributed by atoms with E-state index in [4.69, 9.17) is 4.74 Å². The summed E-state index contributed by atoms with van der Waals surface area (Å²) in [5.74, 6) is 0.926. The average Bonchev–Trinajstić information content (AvgIpc) is 3.29. The molecule has 0 unspecified atom stereocenters. The Balaban J connectivity index is 1.86. The van der Waals surface area contributed by atoms with E-state index in [1.807, 2.05) is 23.1 Å². The summed E-state index contributed by atoms with van der Waals surface area (Å²) in [4.78, 5) is 15.2. The Morgan fingerprint density at radius 3 is 2.50 bits per heavy atom. The van der Waals surface area contributed by atoms with Crippen molar-refractivity contribution in [2.75, 3.05) is 20.2 Å². The third-order valence-electron chi connectivity index (χ3n) is 5.32. The molecule has 0 spiro atoms. The summed E-state index contributed by atoms with van der Waals surface area (Å²) in [7, 11) is 1.66. The van der Waals surface area contributed by atoms with Crippen LogP contribution in [0.15, 0.2) is 48.5 Å². The summed E-state index contributed by atoms with van der Waals surface area (Å²) in [5.41, 5.74) is 4.14. The molecular weight excluding hydrogens is 324 g/mol. The minimum atomic E-state index is 0.144. The van der Waals surface area contributed by atoms with Crippen molar-refractivity contribution in [1.82, 2.24) is 9.47 Å². The molecule has 0 saturated carbocycles. The molecule has 0 radical (unpaired) electrons. The minimum absolute atomic E-state index is 0.144. The highest BCUT2D eigenvalue weighted by Gasteiger charge is 2.26. The number of fused-ring (bicyclic) bond motifs is 1. The zero-order valence-corrected chi connectivity index (χ0v) is 15.4. The van der Waals surface area contributed by atoms with Crippen LogP contribution in [0.25, 0.3) is 10.9 Å². The number of methoxy groups -OCH3 is 1. The molecule has 1 aliphatic heterocycles. The van der Waals surface area contributed by atoms with Gasteiger partial charge >= 0.3 is 0 Å². The number of rotatable bonds is 4. The Bertz CT molecular complexity index is 938.